The van der Waals surface area contributed by atoms with Gasteiger partial charge in [-0.05, 0) is 56.4 Å². The van der Waals surface area contributed by atoms with E-state index >= 15 is 0 Å². The van der Waals surface area contributed by atoms with Gasteiger partial charge in [0.15, 0.2) is 5.96 Å². The van der Waals surface area contributed by atoms with E-state index in [1.807, 2.05) is 0 Å². The zero-order valence-corrected chi connectivity index (χ0v) is 17.0. The molecule has 0 saturated carbocycles. The third kappa shape index (κ3) is 4.83. The highest BCUT2D eigenvalue weighted by Gasteiger charge is 2.27. The normalized spacial score (nSPS) is 18.8. The van der Waals surface area contributed by atoms with E-state index in [9.17, 15) is 0 Å². The maximum absolute atomic E-state index is 6.08. The summed E-state index contributed by atoms with van der Waals surface area (Å²) in [4.78, 5) is 6.98. The Kier molecular flexibility index (Phi) is 6.88. The zero-order valence-electron chi connectivity index (χ0n) is 14.7. The van der Waals surface area contributed by atoms with Crippen molar-refractivity contribution in [2.24, 2.45) is 10.7 Å². The number of guanidine groups is 1. The number of halogens is 1. The summed E-state index contributed by atoms with van der Waals surface area (Å²) in [5, 5.41) is 3.23. The Balaban J connectivity index is 0.00000208. The summed E-state index contributed by atoms with van der Waals surface area (Å²) in [6.07, 6.45) is 3.63. The van der Waals surface area contributed by atoms with E-state index < -0.39 is 0 Å². The molecule has 0 unspecified atom stereocenters. The number of benzene rings is 1. The summed E-state index contributed by atoms with van der Waals surface area (Å²) in [5.74, 6) is 0.490. The second-order valence-electron chi connectivity index (χ2n) is 7.08. The van der Waals surface area contributed by atoms with E-state index in [1.54, 1.807) is 0 Å². The van der Waals surface area contributed by atoms with Gasteiger partial charge in [0.1, 0.15) is 0 Å². The number of hydrogen-bond donors (Lipinski definition) is 2. The maximum atomic E-state index is 6.08. The SMILES string of the molecule is CC(C)(CN=C(N)Nc1ccc2c(c1)CCC2)N1CCOCC1.I. The second-order valence-corrected chi connectivity index (χ2v) is 7.08. The monoisotopic (exact) mass is 444 g/mol. The fourth-order valence-electron chi connectivity index (χ4n) is 3.38. The second kappa shape index (κ2) is 8.49. The fraction of sp³-hybridized carbons (Fsp3) is 0.611. The Hall–Kier alpha value is -0.860. The molecular formula is C18H29IN4O. The van der Waals surface area contributed by atoms with Crippen LogP contribution < -0.4 is 11.1 Å². The summed E-state index contributed by atoms with van der Waals surface area (Å²) in [7, 11) is 0. The van der Waals surface area contributed by atoms with Crippen molar-refractivity contribution in [3.8, 4) is 0 Å². The van der Waals surface area contributed by atoms with Crippen LogP contribution in [0.25, 0.3) is 0 Å². The lowest BCUT2D eigenvalue weighted by Crippen LogP contribution is -2.51. The van der Waals surface area contributed by atoms with Gasteiger partial charge in [0.25, 0.3) is 0 Å². The summed E-state index contributed by atoms with van der Waals surface area (Å²) in [6.45, 7) is 8.62. The number of anilines is 1. The molecule has 6 heteroatoms. The van der Waals surface area contributed by atoms with Crippen LogP contribution in [-0.4, -0.2) is 49.2 Å². The molecule has 0 aromatic heterocycles. The average Bonchev–Trinajstić information content (AvgIpc) is 3.02. The van der Waals surface area contributed by atoms with Gasteiger partial charge in [-0.1, -0.05) is 6.07 Å². The topological polar surface area (TPSA) is 62.9 Å². The Labute approximate surface area is 162 Å². The lowest BCUT2D eigenvalue weighted by molar-refractivity contribution is -0.00680. The molecule has 134 valence electrons. The van der Waals surface area contributed by atoms with Gasteiger partial charge in [0, 0.05) is 24.3 Å². The van der Waals surface area contributed by atoms with Crippen molar-refractivity contribution in [3.05, 3.63) is 29.3 Å². The molecule has 3 rings (SSSR count). The molecule has 24 heavy (non-hydrogen) atoms. The van der Waals surface area contributed by atoms with Gasteiger partial charge in [0.05, 0.1) is 19.8 Å². The molecule has 2 aliphatic rings. The first-order valence-electron chi connectivity index (χ1n) is 8.56. The van der Waals surface area contributed by atoms with Crippen LogP contribution in [0.2, 0.25) is 0 Å². The number of aryl methyl sites for hydroxylation is 2. The zero-order chi connectivity index (χ0) is 16.3. The molecule has 1 heterocycles. The Morgan fingerprint density at radius 3 is 2.71 bits per heavy atom. The highest BCUT2D eigenvalue weighted by atomic mass is 127. The standard InChI is InChI=1S/C18H28N4O.HI/c1-18(2,22-8-10-23-11-9-22)13-20-17(19)21-16-7-6-14-4-3-5-15(14)12-16;/h6-7,12H,3-5,8-11,13H2,1-2H3,(H3,19,20,21);1H. The van der Waals surface area contributed by atoms with Crippen LogP contribution >= 0.6 is 24.0 Å². The van der Waals surface area contributed by atoms with Gasteiger partial charge in [-0.25, -0.2) is 0 Å². The number of aliphatic imine (C=N–C) groups is 1. The molecule has 3 N–H and O–H groups in total. The third-order valence-electron chi connectivity index (χ3n) is 4.87. The maximum Gasteiger partial charge on any atom is 0.193 e. The molecule has 0 radical (unpaired) electrons. The predicted octanol–water partition coefficient (Wildman–Crippen LogP) is 2.63. The molecule has 0 atom stereocenters. The summed E-state index contributed by atoms with van der Waals surface area (Å²) in [6, 6.07) is 6.51. The van der Waals surface area contributed by atoms with Crippen LogP contribution in [0, 0.1) is 0 Å². The number of fused-ring (bicyclic) bond motifs is 1. The van der Waals surface area contributed by atoms with Gasteiger partial charge in [0.2, 0.25) is 0 Å². The number of rotatable bonds is 4. The van der Waals surface area contributed by atoms with Crippen LogP contribution in [0.1, 0.15) is 31.4 Å². The minimum Gasteiger partial charge on any atom is -0.379 e. The minimum absolute atomic E-state index is 0. The van der Waals surface area contributed by atoms with Gasteiger partial charge in [-0.3, -0.25) is 9.89 Å². The van der Waals surface area contributed by atoms with Gasteiger partial charge in [-0.15, -0.1) is 24.0 Å². The molecule has 1 aliphatic heterocycles. The van der Waals surface area contributed by atoms with E-state index in [0.29, 0.717) is 12.5 Å². The smallest absolute Gasteiger partial charge is 0.193 e. The molecular weight excluding hydrogens is 415 g/mol. The summed E-state index contributed by atoms with van der Waals surface area (Å²) in [5.41, 5.74) is 10.0. The number of morpholine rings is 1. The third-order valence-corrected chi connectivity index (χ3v) is 4.87. The molecule has 1 saturated heterocycles. The highest BCUT2D eigenvalue weighted by molar-refractivity contribution is 14.0. The molecule has 1 aromatic rings. The minimum atomic E-state index is -0.00594. The van der Waals surface area contributed by atoms with Crippen LogP contribution in [0.3, 0.4) is 0 Å². The fourth-order valence-corrected chi connectivity index (χ4v) is 3.38. The van der Waals surface area contributed by atoms with Crippen LogP contribution in [0.5, 0.6) is 0 Å². The summed E-state index contributed by atoms with van der Waals surface area (Å²) < 4.78 is 5.42. The van der Waals surface area contributed by atoms with Crippen molar-refractivity contribution in [2.45, 2.75) is 38.6 Å². The van der Waals surface area contributed by atoms with E-state index in [0.717, 1.165) is 32.0 Å². The van der Waals surface area contributed by atoms with Crippen molar-refractivity contribution >= 4 is 35.6 Å². The number of hydrogen-bond acceptors (Lipinski definition) is 3. The van der Waals surface area contributed by atoms with Crippen molar-refractivity contribution in [1.82, 2.24) is 4.90 Å². The molecule has 0 bridgehead atoms. The molecule has 1 fully saturated rings. The largest absolute Gasteiger partial charge is 0.379 e. The van der Waals surface area contributed by atoms with Crippen LogP contribution in [-0.2, 0) is 17.6 Å². The lowest BCUT2D eigenvalue weighted by Gasteiger charge is -2.39. The molecule has 5 nitrogen and oxygen atoms in total. The quantitative estimate of drug-likeness (QED) is 0.426. The van der Waals surface area contributed by atoms with Crippen molar-refractivity contribution in [1.29, 1.82) is 0 Å². The Morgan fingerprint density at radius 1 is 1.25 bits per heavy atom. The van der Waals surface area contributed by atoms with E-state index in [2.05, 4.69) is 47.3 Å². The Morgan fingerprint density at radius 2 is 1.96 bits per heavy atom. The number of nitrogens with two attached hydrogens (primary N) is 1. The first-order chi connectivity index (χ1) is 11.0. The highest BCUT2D eigenvalue weighted by Crippen LogP contribution is 2.24. The number of ether oxygens (including phenoxy) is 1. The van der Waals surface area contributed by atoms with Crippen LogP contribution in [0.4, 0.5) is 5.69 Å². The molecule has 1 aromatic carbocycles. The van der Waals surface area contributed by atoms with Gasteiger partial charge in [-0.2, -0.15) is 0 Å². The predicted molar refractivity (Wildman–Crippen MR) is 110 cm³/mol. The van der Waals surface area contributed by atoms with Gasteiger partial charge < -0.3 is 15.8 Å². The van der Waals surface area contributed by atoms with Gasteiger partial charge >= 0.3 is 0 Å². The molecule has 0 amide bonds. The molecule has 1 aliphatic carbocycles. The Bertz CT molecular complexity index is 582. The average molecular weight is 444 g/mol. The summed E-state index contributed by atoms with van der Waals surface area (Å²) >= 11 is 0. The van der Waals surface area contributed by atoms with E-state index in [1.165, 1.54) is 30.4 Å². The van der Waals surface area contributed by atoms with Crippen molar-refractivity contribution in [2.75, 3.05) is 38.2 Å². The van der Waals surface area contributed by atoms with E-state index in [4.69, 9.17) is 10.5 Å². The first-order valence-corrected chi connectivity index (χ1v) is 8.56. The van der Waals surface area contributed by atoms with Crippen LogP contribution in [0.15, 0.2) is 23.2 Å². The lowest BCUT2D eigenvalue weighted by atomic mass is 10.0. The number of nitrogens with one attached hydrogen (secondary N) is 1. The molecule has 0 spiro atoms. The number of nitrogens with zero attached hydrogens (tertiary/aromatic N) is 2. The van der Waals surface area contributed by atoms with Crippen molar-refractivity contribution in [3.63, 3.8) is 0 Å². The van der Waals surface area contributed by atoms with E-state index in [-0.39, 0.29) is 29.5 Å². The van der Waals surface area contributed by atoms with Crippen molar-refractivity contribution < 1.29 is 4.74 Å². The first kappa shape index (κ1) is 19.5.